The Morgan fingerprint density at radius 3 is 2.52 bits per heavy atom. The van der Waals surface area contributed by atoms with Crippen LogP contribution in [0.5, 0.6) is 0 Å². The van der Waals surface area contributed by atoms with Crippen molar-refractivity contribution in [2.45, 2.75) is 19.5 Å². The zero-order chi connectivity index (χ0) is 15.5. The maximum atomic E-state index is 6.24. The maximum Gasteiger partial charge on any atom is 0.131 e. The molecule has 3 rings (SSSR count). The summed E-state index contributed by atoms with van der Waals surface area (Å²) in [6, 6.07) is 13.5. The summed E-state index contributed by atoms with van der Waals surface area (Å²) < 4.78 is 0. The highest BCUT2D eigenvalue weighted by molar-refractivity contribution is 6.35. The molecule has 136 valence electrons. The number of nitrogens with two attached hydrogens (primary N) is 1. The van der Waals surface area contributed by atoms with Gasteiger partial charge >= 0.3 is 0 Å². The number of para-hydroxylation sites is 1. The zero-order valence-electron chi connectivity index (χ0n) is 13.5. The van der Waals surface area contributed by atoms with E-state index in [-0.39, 0.29) is 43.3 Å². The third-order valence-electron chi connectivity index (χ3n) is 3.48. The van der Waals surface area contributed by atoms with Crippen molar-refractivity contribution in [3.63, 3.8) is 0 Å². The van der Waals surface area contributed by atoms with Crippen molar-refractivity contribution in [2.75, 3.05) is 5.32 Å². The van der Waals surface area contributed by atoms with Crippen molar-refractivity contribution in [3.8, 4) is 0 Å². The van der Waals surface area contributed by atoms with Gasteiger partial charge in [-0.3, -0.25) is 4.98 Å². The van der Waals surface area contributed by atoms with Gasteiger partial charge in [0, 0.05) is 23.2 Å². The average Bonchev–Trinajstić information content (AvgIpc) is 2.53. The van der Waals surface area contributed by atoms with Crippen molar-refractivity contribution >= 4 is 65.5 Å². The molecule has 25 heavy (non-hydrogen) atoms. The third kappa shape index (κ3) is 5.59. The minimum absolute atomic E-state index is 0. The lowest BCUT2D eigenvalue weighted by atomic mass is 10.1. The second kappa shape index (κ2) is 10.6. The van der Waals surface area contributed by atoms with Gasteiger partial charge in [-0.2, -0.15) is 0 Å². The Labute approximate surface area is 170 Å². The van der Waals surface area contributed by atoms with Gasteiger partial charge in [0.2, 0.25) is 0 Å². The lowest BCUT2D eigenvalue weighted by Crippen LogP contribution is -2.12. The second-order valence-electron chi connectivity index (χ2n) is 5.20. The number of nitrogens with one attached hydrogen (secondary N) is 1. The molecule has 0 spiro atoms. The van der Waals surface area contributed by atoms with E-state index in [2.05, 4.69) is 15.3 Å². The van der Waals surface area contributed by atoms with E-state index in [9.17, 15) is 0 Å². The van der Waals surface area contributed by atoms with E-state index >= 15 is 0 Å². The first-order valence-corrected chi connectivity index (χ1v) is 7.51. The van der Waals surface area contributed by atoms with Gasteiger partial charge in [0.05, 0.1) is 22.8 Å². The SMILES string of the molecule is C[C@H](N)c1cc2cccc(Cl)c2nc1NCc1ccccn1.Cl.Cl.Cl. The summed E-state index contributed by atoms with van der Waals surface area (Å²) >= 11 is 6.24. The van der Waals surface area contributed by atoms with Crippen LogP contribution in [-0.2, 0) is 6.54 Å². The predicted molar refractivity (Wildman–Crippen MR) is 113 cm³/mol. The molecule has 0 radical (unpaired) electrons. The molecular formula is C17H20Cl4N4. The minimum Gasteiger partial charge on any atom is -0.364 e. The van der Waals surface area contributed by atoms with E-state index in [1.165, 1.54) is 0 Å². The number of hydrogen-bond acceptors (Lipinski definition) is 4. The summed E-state index contributed by atoms with van der Waals surface area (Å²) in [5.41, 5.74) is 8.77. The van der Waals surface area contributed by atoms with E-state index in [1.54, 1.807) is 6.20 Å². The largest absolute Gasteiger partial charge is 0.364 e. The molecule has 0 fully saturated rings. The Kier molecular flexibility index (Phi) is 10.1. The van der Waals surface area contributed by atoms with Crippen LogP contribution < -0.4 is 11.1 Å². The summed E-state index contributed by atoms with van der Waals surface area (Å²) in [6.45, 7) is 2.53. The summed E-state index contributed by atoms with van der Waals surface area (Å²) in [7, 11) is 0. The molecule has 2 aromatic heterocycles. The summed E-state index contributed by atoms with van der Waals surface area (Å²) in [5, 5.41) is 4.94. The highest BCUT2D eigenvalue weighted by Gasteiger charge is 2.12. The van der Waals surface area contributed by atoms with Gasteiger partial charge < -0.3 is 11.1 Å². The fourth-order valence-corrected chi connectivity index (χ4v) is 2.57. The molecule has 0 saturated carbocycles. The third-order valence-corrected chi connectivity index (χ3v) is 3.78. The number of fused-ring (bicyclic) bond motifs is 1. The molecule has 0 bridgehead atoms. The molecular weight excluding hydrogens is 402 g/mol. The number of aromatic nitrogens is 2. The topological polar surface area (TPSA) is 63.8 Å². The van der Waals surface area contributed by atoms with Gasteiger partial charge in [0.15, 0.2) is 0 Å². The number of pyridine rings is 2. The number of benzene rings is 1. The fourth-order valence-electron chi connectivity index (χ4n) is 2.34. The van der Waals surface area contributed by atoms with Crippen LogP contribution in [0.4, 0.5) is 5.82 Å². The van der Waals surface area contributed by atoms with Crippen molar-refractivity contribution in [3.05, 3.63) is 64.9 Å². The van der Waals surface area contributed by atoms with Crippen molar-refractivity contribution in [2.24, 2.45) is 5.73 Å². The Morgan fingerprint density at radius 1 is 1.12 bits per heavy atom. The Bertz CT molecular complexity index is 797. The number of hydrogen-bond donors (Lipinski definition) is 2. The van der Waals surface area contributed by atoms with Crippen LogP contribution in [0.25, 0.3) is 10.9 Å². The Morgan fingerprint density at radius 2 is 1.88 bits per heavy atom. The van der Waals surface area contributed by atoms with E-state index in [4.69, 9.17) is 17.3 Å². The zero-order valence-corrected chi connectivity index (χ0v) is 16.7. The van der Waals surface area contributed by atoms with Crippen LogP contribution in [0.15, 0.2) is 48.7 Å². The fraction of sp³-hybridized carbons (Fsp3) is 0.176. The lowest BCUT2D eigenvalue weighted by molar-refractivity contribution is 0.813. The van der Waals surface area contributed by atoms with Crippen molar-refractivity contribution < 1.29 is 0 Å². The van der Waals surface area contributed by atoms with E-state index < -0.39 is 0 Å². The second-order valence-corrected chi connectivity index (χ2v) is 5.61. The molecule has 0 saturated heterocycles. The smallest absolute Gasteiger partial charge is 0.131 e. The monoisotopic (exact) mass is 420 g/mol. The van der Waals surface area contributed by atoms with Gasteiger partial charge in [-0.1, -0.05) is 29.8 Å². The molecule has 8 heteroatoms. The number of anilines is 1. The quantitative estimate of drug-likeness (QED) is 0.608. The summed E-state index contributed by atoms with van der Waals surface area (Å²) in [4.78, 5) is 8.96. The van der Waals surface area contributed by atoms with Crippen LogP contribution in [0.3, 0.4) is 0 Å². The van der Waals surface area contributed by atoms with Crippen LogP contribution in [0.2, 0.25) is 5.02 Å². The number of nitrogens with zero attached hydrogens (tertiary/aromatic N) is 2. The van der Waals surface area contributed by atoms with E-state index in [0.717, 1.165) is 28.0 Å². The first kappa shape index (κ1) is 23.7. The van der Waals surface area contributed by atoms with Gasteiger partial charge in [-0.15, -0.1) is 37.2 Å². The highest BCUT2D eigenvalue weighted by atomic mass is 35.5. The van der Waals surface area contributed by atoms with Crippen molar-refractivity contribution in [1.29, 1.82) is 0 Å². The van der Waals surface area contributed by atoms with Crippen LogP contribution >= 0.6 is 48.8 Å². The molecule has 0 aliphatic rings. The Hall–Kier alpha value is -1.30. The Balaban J connectivity index is 0.00000192. The average molecular weight is 422 g/mol. The maximum absolute atomic E-state index is 6.24. The predicted octanol–water partition coefficient (Wildman–Crippen LogP) is 5.18. The molecule has 0 aliphatic heterocycles. The number of halogens is 4. The minimum atomic E-state index is -0.123. The standard InChI is InChI=1S/C17H17ClN4.3ClH/c1-11(19)14-9-12-5-4-7-15(18)16(12)22-17(14)21-10-13-6-2-3-8-20-13;;;/h2-9,11H,10,19H2,1H3,(H,21,22);3*1H/t11-;;;/m0.../s1. The summed E-state index contributed by atoms with van der Waals surface area (Å²) in [6.07, 6.45) is 1.77. The molecule has 3 N–H and O–H groups in total. The lowest BCUT2D eigenvalue weighted by Gasteiger charge is -2.15. The normalized spacial score (nSPS) is 10.8. The molecule has 3 aromatic rings. The van der Waals surface area contributed by atoms with Gasteiger partial charge in [-0.25, -0.2) is 4.98 Å². The molecule has 4 nitrogen and oxygen atoms in total. The summed E-state index contributed by atoms with van der Waals surface area (Å²) in [5.74, 6) is 0.751. The number of rotatable bonds is 4. The molecule has 1 atom stereocenters. The van der Waals surface area contributed by atoms with Crippen LogP contribution in [0, 0.1) is 0 Å². The van der Waals surface area contributed by atoms with Crippen LogP contribution in [0.1, 0.15) is 24.2 Å². The van der Waals surface area contributed by atoms with Gasteiger partial charge in [0.1, 0.15) is 5.82 Å². The van der Waals surface area contributed by atoms with Crippen LogP contribution in [-0.4, -0.2) is 9.97 Å². The molecule has 1 aromatic carbocycles. The van der Waals surface area contributed by atoms with E-state index in [0.29, 0.717) is 11.6 Å². The molecule has 2 heterocycles. The van der Waals surface area contributed by atoms with Crippen molar-refractivity contribution in [1.82, 2.24) is 9.97 Å². The molecule has 0 unspecified atom stereocenters. The van der Waals surface area contributed by atoms with Gasteiger partial charge in [-0.05, 0) is 31.2 Å². The first-order chi connectivity index (χ1) is 10.6. The molecule has 0 amide bonds. The molecule has 0 aliphatic carbocycles. The van der Waals surface area contributed by atoms with E-state index in [1.807, 2.05) is 49.4 Å². The first-order valence-electron chi connectivity index (χ1n) is 7.13. The van der Waals surface area contributed by atoms with Gasteiger partial charge in [0.25, 0.3) is 0 Å². The highest BCUT2D eigenvalue weighted by Crippen LogP contribution is 2.28.